The summed E-state index contributed by atoms with van der Waals surface area (Å²) in [5.74, 6) is 0.445. The SMILES string of the molecule is CC(C)CC(=O)NN=C1CCCCCC1. The van der Waals surface area contributed by atoms with Crippen molar-refractivity contribution in [3.8, 4) is 0 Å². The van der Waals surface area contributed by atoms with Gasteiger partial charge < -0.3 is 0 Å². The van der Waals surface area contributed by atoms with Crippen molar-refractivity contribution in [2.75, 3.05) is 0 Å². The Morgan fingerprint density at radius 2 is 1.87 bits per heavy atom. The molecule has 3 heteroatoms. The highest BCUT2D eigenvalue weighted by molar-refractivity contribution is 5.86. The number of hydrazone groups is 1. The Balaban J connectivity index is 2.31. The largest absolute Gasteiger partial charge is 0.273 e. The van der Waals surface area contributed by atoms with Gasteiger partial charge >= 0.3 is 0 Å². The van der Waals surface area contributed by atoms with Crippen LogP contribution in [0.25, 0.3) is 0 Å². The molecule has 1 rings (SSSR count). The van der Waals surface area contributed by atoms with Gasteiger partial charge in [-0.1, -0.05) is 26.7 Å². The third-order valence-corrected chi connectivity index (χ3v) is 2.61. The van der Waals surface area contributed by atoms with Crippen molar-refractivity contribution < 1.29 is 4.79 Å². The Labute approximate surface area is 92.3 Å². The lowest BCUT2D eigenvalue weighted by atomic mass is 10.1. The monoisotopic (exact) mass is 210 g/mol. The van der Waals surface area contributed by atoms with Crippen LogP contribution in [-0.4, -0.2) is 11.6 Å². The van der Waals surface area contributed by atoms with Gasteiger partial charge in [0.2, 0.25) is 5.91 Å². The van der Waals surface area contributed by atoms with Crippen LogP contribution >= 0.6 is 0 Å². The Bertz CT molecular complexity index is 224. The normalized spacial score (nSPS) is 17.4. The number of hydrogen-bond acceptors (Lipinski definition) is 2. The van der Waals surface area contributed by atoms with Crippen molar-refractivity contribution in [2.24, 2.45) is 11.0 Å². The van der Waals surface area contributed by atoms with Crippen LogP contribution < -0.4 is 5.43 Å². The lowest BCUT2D eigenvalue weighted by molar-refractivity contribution is -0.121. The molecule has 0 spiro atoms. The van der Waals surface area contributed by atoms with Gasteiger partial charge in [-0.2, -0.15) is 5.10 Å². The standard InChI is InChI=1S/C12H22N2O/c1-10(2)9-12(15)14-13-11-7-5-3-4-6-8-11/h10H,3-9H2,1-2H3,(H,14,15). The molecule has 0 radical (unpaired) electrons. The van der Waals surface area contributed by atoms with Crippen LogP contribution in [0.3, 0.4) is 0 Å². The first kappa shape index (κ1) is 12.2. The van der Waals surface area contributed by atoms with E-state index in [1.165, 1.54) is 31.4 Å². The fourth-order valence-corrected chi connectivity index (χ4v) is 1.81. The summed E-state index contributed by atoms with van der Waals surface area (Å²) in [5.41, 5.74) is 3.83. The average Bonchev–Trinajstić information content (AvgIpc) is 2.41. The first-order valence-corrected chi connectivity index (χ1v) is 6.02. The second-order valence-corrected chi connectivity index (χ2v) is 4.73. The van der Waals surface area contributed by atoms with Crippen molar-refractivity contribution in [1.29, 1.82) is 0 Å². The first-order valence-electron chi connectivity index (χ1n) is 6.02. The molecule has 0 saturated heterocycles. The van der Waals surface area contributed by atoms with Crippen molar-refractivity contribution in [3.05, 3.63) is 0 Å². The fraction of sp³-hybridized carbons (Fsp3) is 0.833. The van der Waals surface area contributed by atoms with Crippen molar-refractivity contribution >= 4 is 11.6 Å². The van der Waals surface area contributed by atoms with Crippen LogP contribution in [-0.2, 0) is 4.79 Å². The lowest BCUT2D eigenvalue weighted by Gasteiger charge is -2.05. The van der Waals surface area contributed by atoms with Gasteiger partial charge in [0.1, 0.15) is 0 Å². The topological polar surface area (TPSA) is 41.5 Å². The highest BCUT2D eigenvalue weighted by Crippen LogP contribution is 2.14. The van der Waals surface area contributed by atoms with Crippen LogP contribution in [0.2, 0.25) is 0 Å². The van der Waals surface area contributed by atoms with Crippen LogP contribution in [0.1, 0.15) is 58.8 Å². The highest BCUT2D eigenvalue weighted by atomic mass is 16.2. The molecule has 0 aromatic carbocycles. The molecule has 0 atom stereocenters. The van der Waals surface area contributed by atoms with E-state index in [4.69, 9.17) is 0 Å². The van der Waals surface area contributed by atoms with Crippen LogP contribution in [0.4, 0.5) is 0 Å². The average molecular weight is 210 g/mol. The van der Waals surface area contributed by atoms with Gasteiger partial charge in [0.25, 0.3) is 0 Å². The quantitative estimate of drug-likeness (QED) is 0.565. The Kier molecular flexibility index (Phi) is 5.37. The van der Waals surface area contributed by atoms with Gasteiger partial charge in [-0.25, -0.2) is 5.43 Å². The number of carbonyl (C=O) groups excluding carboxylic acids is 1. The van der Waals surface area contributed by atoms with Gasteiger partial charge in [-0.15, -0.1) is 0 Å². The van der Waals surface area contributed by atoms with Crippen LogP contribution in [0, 0.1) is 5.92 Å². The van der Waals surface area contributed by atoms with E-state index in [2.05, 4.69) is 10.5 Å². The molecule has 0 aromatic heterocycles. The van der Waals surface area contributed by atoms with E-state index in [1.807, 2.05) is 13.8 Å². The molecule has 1 N–H and O–H groups in total. The van der Waals surface area contributed by atoms with E-state index in [0.717, 1.165) is 12.8 Å². The maximum atomic E-state index is 11.4. The summed E-state index contributed by atoms with van der Waals surface area (Å²) in [6.45, 7) is 4.08. The number of rotatable bonds is 3. The number of nitrogens with zero attached hydrogens (tertiary/aromatic N) is 1. The summed E-state index contributed by atoms with van der Waals surface area (Å²) in [5, 5.41) is 4.21. The first-order chi connectivity index (χ1) is 7.18. The van der Waals surface area contributed by atoms with E-state index in [0.29, 0.717) is 12.3 Å². The van der Waals surface area contributed by atoms with Gasteiger partial charge in [0.15, 0.2) is 0 Å². The second kappa shape index (κ2) is 6.59. The summed E-state index contributed by atoms with van der Waals surface area (Å²) >= 11 is 0. The van der Waals surface area contributed by atoms with Crippen molar-refractivity contribution in [2.45, 2.75) is 58.8 Å². The molecule has 3 nitrogen and oxygen atoms in total. The molecular weight excluding hydrogens is 188 g/mol. The van der Waals surface area contributed by atoms with Crippen LogP contribution in [0.5, 0.6) is 0 Å². The van der Waals surface area contributed by atoms with Gasteiger partial charge in [-0.05, 0) is 31.6 Å². The number of hydrogen-bond donors (Lipinski definition) is 1. The maximum Gasteiger partial charge on any atom is 0.240 e. The molecule has 1 fully saturated rings. The maximum absolute atomic E-state index is 11.4. The molecule has 1 aliphatic rings. The Morgan fingerprint density at radius 3 is 2.40 bits per heavy atom. The lowest BCUT2D eigenvalue weighted by Crippen LogP contribution is -2.20. The van der Waals surface area contributed by atoms with Crippen molar-refractivity contribution in [1.82, 2.24) is 5.43 Å². The summed E-state index contributed by atoms with van der Waals surface area (Å²) in [7, 11) is 0. The molecule has 0 bridgehead atoms. The van der Waals surface area contributed by atoms with Crippen molar-refractivity contribution in [3.63, 3.8) is 0 Å². The molecule has 1 aliphatic carbocycles. The zero-order valence-corrected chi connectivity index (χ0v) is 9.88. The predicted octanol–water partition coefficient (Wildman–Crippen LogP) is 2.86. The molecule has 0 aliphatic heterocycles. The molecule has 0 unspecified atom stereocenters. The number of carbonyl (C=O) groups is 1. The fourth-order valence-electron chi connectivity index (χ4n) is 1.81. The molecule has 86 valence electrons. The summed E-state index contributed by atoms with van der Waals surface area (Å²) in [6.07, 6.45) is 7.73. The molecule has 0 aromatic rings. The zero-order valence-electron chi connectivity index (χ0n) is 9.88. The number of nitrogens with one attached hydrogen (secondary N) is 1. The van der Waals surface area contributed by atoms with E-state index in [1.54, 1.807) is 0 Å². The minimum absolute atomic E-state index is 0.0433. The molecule has 15 heavy (non-hydrogen) atoms. The third-order valence-electron chi connectivity index (χ3n) is 2.61. The predicted molar refractivity (Wildman–Crippen MR) is 62.7 cm³/mol. The molecule has 1 amide bonds. The van der Waals surface area contributed by atoms with E-state index in [9.17, 15) is 4.79 Å². The minimum Gasteiger partial charge on any atom is -0.273 e. The van der Waals surface area contributed by atoms with Gasteiger partial charge in [-0.3, -0.25) is 4.79 Å². The summed E-state index contributed by atoms with van der Waals surface area (Å²) in [4.78, 5) is 11.4. The molecule has 1 saturated carbocycles. The Morgan fingerprint density at radius 1 is 1.27 bits per heavy atom. The summed E-state index contributed by atoms with van der Waals surface area (Å²) in [6, 6.07) is 0. The molecular formula is C12H22N2O. The highest BCUT2D eigenvalue weighted by Gasteiger charge is 2.07. The van der Waals surface area contributed by atoms with Gasteiger partial charge in [0.05, 0.1) is 0 Å². The van der Waals surface area contributed by atoms with Crippen LogP contribution in [0.15, 0.2) is 5.10 Å². The summed E-state index contributed by atoms with van der Waals surface area (Å²) < 4.78 is 0. The second-order valence-electron chi connectivity index (χ2n) is 4.73. The third kappa shape index (κ3) is 5.55. The zero-order chi connectivity index (χ0) is 11.1. The van der Waals surface area contributed by atoms with E-state index >= 15 is 0 Å². The minimum atomic E-state index is 0.0433. The van der Waals surface area contributed by atoms with E-state index in [-0.39, 0.29) is 5.91 Å². The molecule has 0 heterocycles. The van der Waals surface area contributed by atoms with Gasteiger partial charge in [0, 0.05) is 12.1 Å². The number of amides is 1. The smallest absolute Gasteiger partial charge is 0.240 e. The van der Waals surface area contributed by atoms with E-state index < -0.39 is 0 Å². The Hall–Kier alpha value is -0.860.